The van der Waals surface area contributed by atoms with Gasteiger partial charge in [-0.25, -0.2) is 0 Å². The second kappa shape index (κ2) is 6.31. The minimum absolute atomic E-state index is 0.191. The number of hydrogen-bond acceptors (Lipinski definition) is 5. The Kier molecular flexibility index (Phi) is 4.05. The number of nitrogens with zero attached hydrogens (tertiary/aromatic N) is 2. The molecule has 0 bridgehead atoms. The summed E-state index contributed by atoms with van der Waals surface area (Å²) in [4.78, 5) is 16.4. The average molecular weight is 309 g/mol. The smallest absolute Gasteiger partial charge is 0.257 e. The van der Waals surface area contributed by atoms with Gasteiger partial charge in [0.15, 0.2) is 5.82 Å². The zero-order chi connectivity index (χ0) is 16.2. The summed E-state index contributed by atoms with van der Waals surface area (Å²) in [6.07, 6.45) is 0. The van der Waals surface area contributed by atoms with Gasteiger partial charge in [-0.2, -0.15) is 4.98 Å². The molecule has 6 nitrogen and oxygen atoms in total. The molecule has 0 fully saturated rings. The number of hydrogen-bond donors (Lipinski definition) is 1. The fourth-order valence-electron chi connectivity index (χ4n) is 2.06. The molecule has 6 heteroatoms. The van der Waals surface area contributed by atoms with Crippen LogP contribution in [0, 0.1) is 6.92 Å². The predicted octanol–water partition coefficient (Wildman–Crippen LogP) is 3.31. The molecule has 0 saturated heterocycles. The lowest BCUT2D eigenvalue weighted by atomic mass is 10.1. The molecule has 0 aliphatic heterocycles. The molecule has 0 aliphatic rings. The van der Waals surface area contributed by atoms with Gasteiger partial charge >= 0.3 is 0 Å². The van der Waals surface area contributed by atoms with Crippen LogP contribution in [0.2, 0.25) is 0 Å². The lowest BCUT2D eigenvalue weighted by Crippen LogP contribution is -2.11. The van der Waals surface area contributed by atoms with Crippen LogP contribution in [0.3, 0.4) is 0 Å². The van der Waals surface area contributed by atoms with Crippen molar-refractivity contribution in [3.05, 3.63) is 59.9 Å². The van der Waals surface area contributed by atoms with E-state index in [9.17, 15) is 4.79 Å². The summed E-state index contributed by atoms with van der Waals surface area (Å²) in [7, 11) is 1.60. The highest BCUT2D eigenvalue weighted by Gasteiger charge is 2.09. The van der Waals surface area contributed by atoms with Crippen molar-refractivity contribution in [1.82, 2.24) is 10.1 Å². The van der Waals surface area contributed by atoms with E-state index in [1.807, 2.05) is 0 Å². The summed E-state index contributed by atoms with van der Waals surface area (Å²) in [6.45, 7) is 1.75. The first-order chi connectivity index (χ1) is 11.2. The van der Waals surface area contributed by atoms with Crippen molar-refractivity contribution in [2.24, 2.45) is 0 Å². The van der Waals surface area contributed by atoms with Crippen LogP contribution in [-0.2, 0) is 0 Å². The van der Waals surface area contributed by atoms with E-state index in [0.29, 0.717) is 23.0 Å². The van der Waals surface area contributed by atoms with Crippen molar-refractivity contribution in [2.45, 2.75) is 6.92 Å². The SMILES string of the molecule is COc1ccc(NC(=O)c2ccc(-c3nc(C)no3)cc2)cc1. The number of nitrogens with one attached hydrogen (secondary N) is 1. The fraction of sp³-hybridized carbons (Fsp3) is 0.118. The molecule has 1 amide bonds. The predicted molar refractivity (Wildman–Crippen MR) is 85.4 cm³/mol. The van der Waals surface area contributed by atoms with Crippen LogP contribution in [0.25, 0.3) is 11.5 Å². The zero-order valence-corrected chi connectivity index (χ0v) is 12.7. The molecule has 1 heterocycles. The van der Waals surface area contributed by atoms with E-state index >= 15 is 0 Å². The van der Waals surface area contributed by atoms with Crippen LogP contribution in [0.5, 0.6) is 5.75 Å². The highest BCUT2D eigenvalue weighted by molar-refractivity contribution is 6.04. The Morgan fingerprint density at radius 3 is 2.35 bits per heavy atom. The molecular formula is C17H15N3O3. The third kappa shape index (κ3) is 3.37. The molecule has 3 aromatic rings. The molecule has 0 aliphatic carbocycles. The minimum Gasteiger partial charge on any atom is -0.497 e. The highest BCUT2D eigenvalue weighted by atomic mass is 16.5. The van der Waals surface area contributed by atoms with Crippen LogP contribution in [0.15, 0.2) is 53.1 Å². The van der Waals surface area contributed by atoms with Crippen molar-refractivity contribution in [1.29, 1.82) is 0 Å². The first kappa shape index (κ1) is 14.8. The van der Waals surface area contributed by atoms with Gasteiger partial charge in [0.25, 0.3) is 11.8 Å². The maximum Gasteiger partial charge on any atom is 0.257 e. The number of ether oxygens (including phenoxy) is 1. The summed E-state index contributed by atoms with van der Waals surface area (Å²) < 4.78 is 10.2. The van der Waals surface area contributed by atoms with Crippen molar-refractivity contribution in [3.8, 4) is 17.2 Å². The molecule has 116 valence electrons. The van der Waals surface area contributed by atoms with Crippen LogP contribution >= 0.6 is 0 Å². The summed E-state index contributed by atoms with van der Waals surface area (Å²) in [6, 6.07) is 14.1. The Balaban J connectivity index is 1.72. The third-order valence-electron chi connectivity index (χ3n) is 3.27. The Bertz CT molecular complexity index is 808. The molecular weight excluding hydrogens is 294 g/mol. The molecule has 0 atom stereocenters. The highest BCUT2D eigenvalue weighted by Crippen LogP contribution is 2.19. The van der Waals surface area contributed by atoms with Crippen molar-refractivity contribution < 1.29 is 14.1 Å². The molecule has 1 N–H and O–H groups in total. The second-order valence-corrected chi connectivity index (χ2v) is 4.91. The monoisotopic (exact) mass is 309 g/mol. The van der Waals surface area contributed by atoms with E-state index in [1.54, 1.807) is 62.6 Å². The van der Waals surface area contributed by atoms with Gasteiger partial charge in [-0.3, -0.25) is 4.79 Å². The van der Waals surface area contributed by atoms with Gasteiger partial charge in [-0.1, -0.05) is 5.16 Å². The molecule has 3 rings (SSSR count). The van der Waals surface area contributed by atoms with Crippen molar-refractivity contribution >= 4 is 11.6 Å². The third-order valence-corrected chi connectivity index (χ3v) is 3.27. The second-order valence-electron chi connectivity index (χ2n) is 4.91. The van der Waals surface area contributed by atoms with Gasteiger partial charge in [-0.15, -0.1) is 0 Å². The Morgan fingerprint density at radius 1 is 1.09 bits per heavy atom. The number of aryl methyl sites for hydroxylation is 1. The van der Waals surface area contributed by atoms with Gasteiger partial charge in [0.05, 0.1) is 7.11 Å². The van der Waals surface area contributed by atoms with E-state index in [1.165, 1.54) is 0 Å². The summed E-state index contributed by atoms with van der Waals surface area (Å²) in [5.41, 5.74) is 2.01. The number of amides is 1. The van der Waals surface area contributed by atoms with Gasteiger partial charge in [-0.05, 0) is 55.5 Å². The first-order valence-corrected chi connectivity index (χ1v) is 7.02. The molecule has 1 aromatic heterocycles. The number of methoxy groups -OCH3 is 1. The van der Waals surface area contributed by atoms with Crippen LogP contribution in [-0.4, -0.2) is 23.2 Å². The number of benzene rings is 2. The van der Waals surface area contributed by atoms with Gasteiger partial charge in [0.2, 0.25) is 0 Å². The van der Waals surface area contributed by atoms with Crippen LogP contribution in [0.1, 0.15) is 16.2 Å². The normalized spacial score (nSPS) is 10.3. The molecule has 0 radical (unpaired) electrons. The van der Waals surface area contributed by atoms with E-state index in [-0.39, 0.29) is 5.91 Å². The summed E-state index contributed by atoms with van der Waals surface area (Å²) >= 11 is 0. The van der Waals surface area contributed by atoms with Gasteiger partial charge < -0.3 is 14.6 Å². The molecule has 2 aromatic carbocycles. The fourth-order valence-corrected chi connectivity index (χ4v) is 2.06. The van der Waals surface area contributed by atoms with Crippen LogP contribution < -0.4 is 10.1 Å². The maximum atomic E-state index is 12.2. The van der Waals surface area contributed by atoms with E-state index < -0.39 is 0 Å². The number of aromatic nitrogens is 2. The van der Waals surface area contributed by atoms with Crippen molar-refractivity contribution in [3.63, 3.8) is 0 Å². The molecule has 23 heavy (non-hydrogen) atoms. The molecule has 0 saturated carbocycles. The van der Waals surface area contributed by atoms with E-state index in [2.05, 4.69) is 15.5 Å². The van der Waals surface area contributed by atoms with Gasteiger partial charge in [0, 0.05) is 16.8 Å². The minimum atomic E-state index is -0.191. The van der Waals surface area contributed by atoms with E-state index in [4.69, 9.17) is 9.26 Å². The Morgan fingerprint density at radius 2 is 1.78 bits per heavy atom. The lowest BCUT2D eigenvalue weighted by Gasteiger charge is -2.06. The lowest BCUT2D eigenvalue weighted by molar-refractivity contribution is 0.102. The zero-order valence-electron chi connectivity index (χ0n) is 12.7. The van der Waals surface area contributed by atoms with E-state index in [0.717, 1.165) is 11.3 Å². The summed E-state index contributed by atoms with van der Waals surface area (Å²) in [5, 5.41) is 6.57. The Hall–Kier alpha value is -3.15. The maximum absolute atomic E-state index is 12.2. The number of carbonyl (C=O) groups is 1. The Labute approximate surface area is 133 Å². The largest absolute Gasteiger partial charge is 0.497 e. The average Bonchev–Trinajstić information content (AvgIpc) is 3.02. The topological polar surface area (TPSA) is 77.2 Å². The standard InChI is InChI=1S/C17H15N3O3/c1-11-18-17(23-20-11)13-5-3-12(4-6-13)16(21)19-14-7-9-15(22-2)10-8-14/h3-10H,1-2H3,(H,19,21). The van der Waals surface area contributed by atoms with Gasteiger partial charge in [0.1, 0.15) is 5.75 Å². The number of rotatable bonds is 4. The first-order valence-electron chi connectivity index (χ1n) is 7.02. The van der Waals surface area contributed by atoms with Crippen LogP contribution in [0.4, 0.5) is 5.69 Å². The molecule has 0 spiro atoms. The van der Waals surface area contributed by atoms with Crippen molar-refractivity contribution in [2.75, 3.05) is 12.4 Å². The number of anilines is 1. The summed E-state index contributed by atoms with van der Waals surface area (Å²) in [5.74, 6) is 1.55. The number of carbonyl (C=O) groups excluding carboxylic acids is 1. The quantitative estimate of drug-likeness (QED) is 0.800. The molecule has 0 unspecified atom stereocenters.